The maximum Gasteiger partial charge on any atom is 0.0971 e. The zero-order valence-corrected chi connectivity index (χ0v) is 10.3. The van der Waals surface area contributed by atoms with E-state index < -0.39 is 0 Å². The average molecular weight is 278 g/mol. The normalized spacial score (nSPS) is 18.8. The Hall–Kier alpha value is -1.13. The van der Waals surface area contributed by atoms with Crippen LogP contribution < -0.4 is 5.73 Å². The lowest BCUT2D eigenvalue weighted by Crippen LogP contribution is -2.06. The van der Waals surface area contributed by atoms with Crippen LogP contribution in [0.4, 0.5) is 0 Å². The average Bonchev–Trinajstić information content (AvgIpc) is 2.84. The number of halogens is 1. The molecular weight excluding hydrogens is 266 g/mol. The van der Waals surface area contributed by atoms with Gasteiger partial charge in [-0.25, -0.2) is 0 Å². The van der Waals surface area contributed by atoms with Crippen LogP contribution in [0.3, 0.4) is 0 Å². The second-order valence-electron chi connectivity index (χ2n) is 4.12. The van der Waals surface area contributed by atoms with Crippen molar-refractivity contribution in [3.05, 3.63) is 40.0 Å². The number of hydrogen-bond acceptors (Lipinski definition) is 2. The zero-order valence-electron chi connectivity index (χ0n) is 8.70. The molecule has 1 aliphatic rings. The van der Waals surface area contributed by atoms with Crippen molar-refractivity contribution in [2.75, 3.05) is 0 Å². The summed E-state index contributed by atoms with van der Waals surface area (Å²) in [6, 6.07) is 8.30. The van der Waals surface area contributed by atoms with Gasteiger partial charge in [0.25, 0.3) is 0 Å². The molecule has 2 aromatic rings. The van der Waals surface area contributed by atoms with Crippen LogP contribution >= 0.6 is 15.9 Å². The van der Waals surface area contributed by atoms with Gasteiger partial charge >= 0.3 is 0 Å². The van der Waals surface area contributed by atoms with Crippen molar-refractivity contribution >= 4 is 15.9 Å². The third-order valence-corrected chi connectivity index (χ3v) is 3.61. The Bertz CT molecular complexity index is 516. The lowest BCUT2D eigenvalue weighted by Gasteiger charge is -2.05. The molecule has 1 aliphatic carbocycles. The number of benzene rings is 1. The highest BCUT2D eigenvalue weighted by atomic mass is 79.9. The minimum atomic E-state index is 0.132. The van der Waals surface area contributed by atoms with E-state index in [1.54, 1.807) is 0 Å². The Labute approximate surface area is 102 Å². The van der Waals surface area contributed by atoms with Crippen LogP contribution in [0, 0.1) is 0 Å². The zero-order chi connectivity index (χ0) is 11.1. The highest BCUT2D eigenvalue weighted by Gasteiger charge is 2.25. The van der Waals surface area contributed by atoms with E-state index in [1.807, 2.05) is 12.1 Å². The number of fused-ring (bicyclic) bond motifs is 1. The van der Waals surface area contributed by atoms with Crippen LogP contribution in [0.2, 0.25) is 0 Å². The van der Waals surface area contributed by atoms with Gasteiger partial charge in [0.1, 0.15) is 0 Å². The largest absolute Gasteiger partial charge is 0.324 e. The molecule has 1 aromatic heterocycles. The van der Waals surface area contributed by atoms with E-state index in [0.717, 1.165) is 28.6 Å². The molecule has 0 saturated heterocycles. The Balaban J connectivity index is 2.11. The van der Waals surface area contributed by atoms with E-state index in [2.05, 4.69) is 38.3 Å². The van der Waals surface area contributed by atoms with E-state index in [4.69, 9.17) is 5.73 Å². The van der Waals surface area contributed by atoms with Crippen molar-refractivity contribution in [2.45, 2.75) is 18.9 Å². The SMILES string of the molecule is NC1CCc2[nH]nc(-c3ccc(Br)cc3)c21. The van der Waals surface area contributed by atoms with Crippen LogP contribution in [-0.4, -0.2) is 10.2 Å². The first-order chi connectivity index (χ1) is 7.75. The van der Waals surface area contributed by atoms with Crippen molar-refractivity contribution in [2.24, 2.45) is 5.73 Å². The number of aryl methyl sites for hydroxylation is 1. The molecule has 1 aromatic carbocycles. The van der Waals surface area contributed by atoms with Gasteiger partial charge in [-0.1, -0.05) is 28.1 Å². The lowest BCUT2D eigenvalue weighted by molar-refractivity contribution is 0.705. The van der Waals surface area contributed by atoms with Gasteiger partial charge in [-0.05, 0) is 25.0 Å². The molecule has 0 aliphatic heterocycles. The summed E-state index contributed by atoms with van der Waals surface area (Å²) in [5, 5.41) is 7.46. The fraction of sp³-hybridized carbons (Fsp3) is 0.250. The quantitative estimate of drug-likeness (QED) is 0.842. The number of nitrogens with zero attached hydrogens (tertiary/aromatic N) is 1. The summed E-state index contributed by atoms with van der Waals surface area (Å²) in [5.74, 6) is 0. The molecule has 1 heterocycles. The summed E-state index contributed by atoms with van der Waals surface area (Å²) < 4.78 is 1.08. The van der Waals surface area contributed by atoms with Crippen molar-refractivity contribution in [3.63, 3.8) is 0 Å². The molecule has 4 heteroatoms. The van der Waals surface area contributed by atoms with Gasteiger partial charge in [0.2, 0.25) is 0 Å². The first kappa shape index (κ1) is 10.1. The Morgan fingerprint density at radius 1 is 1.31 bits per heavy atom. The molecule has 0 fully saturated rings. The molecule has 16 heavy (non-hydrogen) atoms. The predicted molar refractivity (Wildman–Crippen MR) is 67.0 cm³/mol. The molecule has 3 nitrogen and oxygen atoms in total. The molecule has 0 bridgehead atoms. The summed E-state index contributed by atoms with van der Waals surface area (Å²) in [4.78, 5) is 0. The number of nitrogens with one attached hydrogen (secondary N) is 1. The predicted octanol–water partition coefficient (Wildman–Crippen LogP) is 2.79. The standard InChI is InChI=1S/C12H12BrN3/c13-8-3-1-7(2-4-8)12-11-9(14)5-6-10(11)15-16-12/h1-4,9H,5-6,14H2,(H,15,16). The Morgan fingerprint density at radius 3 is 2.81 bits per heavy atom. The third-order valence-electron chi connectivity index (χ3n) is 3.08. The molecule has 1 unspecified atom stereocenters. The van der Waals surface area contributed by atoms with Crippen molar-refractivity contribution in [1.29, 1.82) is 0 Å². The molecule has 0 radical (unpaired) electrons. The third kappa shape index (κ3) is 1.49. The van der Waals surface area contributed by atoms with Crippen LogP contribution in [0.25, 0.3) is 11.3 Å². The fourth-order valence-corrected chi connectivity index (χ4v) is 2.51. The molecule has 0 saturated carbocycles. The van der Waals surface area contributed by atoms with Gasteiger partial charge in [-0.2, -0.15) is 5.10 Å². The summed E-state index contributed by atoms with van der Waals surface area (Å²) >= 11 is 3.43. The molecule has 3 rings (SSSR count). The molecular formula is C12H12BrN3. The maximum absolute atomic E-state index is 6.09. The molecule has 0 spiro atoms. The summed E-state index contributed by atoms with van der Waals surface area (Å²) in [7, 11) is 0. The Morgan fingerprint density at radius 2 is 2.06 bits per heavy atom. The first-order valence-corrected chi connectivity index (χ1v) is 6.13. The van der Waals surface area contributed by atoms with E-state index >= 15 is 0 Å². The number of aromatic amines is 1. The highest BCUT2D eigenvalue weighted by Crippen LogP contribution is 2.35. The van der Waals surface area contributed by atoms with E-state index in [9.17, 15) is 0 Å². The Kier molecular flexibility index (Phi) is 2.33. The second kappa shape index (κ2) is 3.71. The number of nitrogens with two attached hydrogens (primary N) is 1. The van der Waals surface area contributed by atoms with Gasteiger partial charge in [0.05, 0.1) is 5.69 Å². The van der Waals surface area contributed by atoms with Crippen molar-refractivity contribution < 1.29 is 0 Å². The van der Waals surface area contributed by atoms with Crippen LogP contribution in [0.5, 0.6) is 0 Å². The molecule has 1 atom stereocenters. The van der Waals surface area contributed by atoms with Crippen molar-refractivity contribution in [3.8, 4) is 11.3 Å². The fourth-order valence-electron chi connectivity index (χ4n) is 2.25. The number of rotatable bonds is 1. The lowest BCUT2D eigenvalue weighted by atomic mass is 10.0. The smallest absolute Gasteiger partial charge is 0.0971 e. The van der Waals surface area contributed by atoms with Crippen LogP contribution in [-0.2, 0) is 6.42 Å². The monoisotopic (exact) mass is 277 g/mol. The van der Waals surface area contributed by atoms with Gasteiger partial charge < -0.3 is 5.73 Å². The van der Waals surface area contributed by atoms with Gasteiger partial charge in [0.15, 0.2) is 0 Å². The molecule has 0 amide bonds. The van der Waals surface area contributed by atoms with Crippen molar-refractivity contribution in [1.82, 2.24) is 10.2 Å². The molecule has 3 N–H and O–H groups in total. The number of H-pyrrole nitrogens is 1. The highest BCUT2D eigenvalue weighted by molar-refractivity contribution is 9.10. The van der Waals surface area contributed by atoms with Gasteiger partial charge in [0, 0.05) is 27.3 Å². The summed E-state index contributed by atoms with van der Waals surface area (Å²) in [6.07, 6.45) is 2.03. The minimum Gasteiger partial charge on any atom is -0.324 e. The second-order valence-corrected chi connectivity index (χ2v) is 5.03. The summed E-state index contributed by atoms with van der Waals surface area (Å²) in [5.41, 5.74) is 10.6. The number of hydrogen-bond donors (Lipinski definition) is 2. The maximum atomic E-state index is 6.09. The number of aromatic nitrogens is 2. The van der Waals surface area contributed by atoms with Gasteiger partial charge in [-0.15, -0.1) is 0 Å². The van der Waals surface area contributed by atoms with E-state index in [-0.39, 0.29) is 6.04 Å². The molecule has 82 valence electrons. The van der Waals surface area contributed by atoms with E-state index in [1.165, 1.54) is 11.3 Å². The summed E-state index contributed by atoms with van der Waals surface area (Å²) in [6.45, 7) is 0. The van der Waals surface area contributed by atoms with Crippen LogP contribution in [0.1, 0.15) is 23.7 Å². The van der Waals surface area contributed by atoms with Gasteiger partial charge in [-0.3, -0.25) is 5.10 Å². The minimum absolute atomic E-state index is 0.132. The van der Waals surface area contributed by atoms with Crippen LogP contribution in [0.15, 0.2) is 28.7 Å². The first-order valence-electron chi connectivity index (χ1n) is 5.34. The van der Waals surface area contributed by atoms with E-state index in [0.29, 0.717) is 0 Å². The topological polar surface area (TPSA) is 54.7 Å².